The van der Waals surface area contributed by atoms with E-state index >= 15 is 0 Å². The average Bonchev–Trinajstić information content (AvgIpc) is 3.17. The van der Waals surface area contributed by atoms with Crippen molar-refractivity contribution in [3.05, 3.63) is 23.5 Å². The Morgan fingerprint density at radius 1 is 1.40 bits per heavy atom. The van der Waals surface area contributed by atoms with E-state index in [2.05, 4.69) is 0 Å². The Kier molecular flexibility index (Phi) is 3.28. The van der Waals surface area contributed by atoms with E-state index in [1.807, 2.05) is 6.92 Å². The van der Waals surface area contributed by atoms with Crippen LogP contribution in [0.4, 0.5) is 4.39 Å². The highest BCUT2D eigenvalue weighted by Gasteiger charge is 2.43. The monoisotopic (exact) mass is 280 g/mol. The van der Waals surface area contributed by atoms with Crippen LogP contribution in [0.2, 0.25) is 0 Å². The van der Waals surface area contributed by atoms with E-state index in [1.165, 1.54) is 6.07 Å². The summed E-state index contributed by atoms with van der Waals surface area (Å²) in [6, 6.07) is 3.05. The molecule has 3 unspecified atom stereocenters. The van der Waals surface area contributed by atoms with Gasteiger partial charge in [0.1, 0.15) is 19.0 Å². The summed E-state index contributed by atoms with van der Waals surface area (Å²) in [7, 11) is 0. The van der Waals surface area contributed by atoms with Crippen LogP contribution in [0.3, 0.4) is 0 Å². The molecule has 1 heterocycles. The van der Waals surface area contributed by atoms with Gasteiger partial charge in [-0.1, -0.05) is 6.92 Å². The van der Waals surface area contributed by atoms with E-state index in [-0.39, 0.29) is 23.6 Å². The lowest BCUT2D eigenvalue weighted by atomic mass is 9.94. The van der Waals surface area contributed by atoms with Crippen molar-refractivity contribution in [3.8, 4) is 11.5 Å². The van der Waals surface area contributed by atoms with E-state index in [9.17, 15) is 9.18 Å². The van der Waals surface area contributed by atoms with Gasteiger partial charge < -0.3 is 14.6 Å². The van der Waals surface area contributed by atoms with Gasteiger partial charge in [-0.05, 0) is 36.3 Å². The predicted molar refractivity (Wildman–Crippen MR) is 69.7 cm³/mol. The molecule has 1 N–H and O–H groups in total. The lowest BCUT2D eigenvalue weighted by molar-refractivity contribution is -0.138. The molecule has 3 atom stereocenters. The van der Waals surface area contributed by atoms with Crippen LogP contribution in [0.15, 0.2) is 12.1 Å². The number of carbonyl (C=O) groups is 1. The zero-order valence-electron chi connectivity index (χ0n) is 11.3. The smallest absolute Gasteiger partial charge is 0.306 e. The minimum absolute atomic E-state index is 0.0276. The summed E-state index contributed by atoms with van der Waals surface area (Å²) >= 11 is 0. The van der Waals surface area contributed by atoms with Gasteiger partial charge in [-0.15, -0.1) is 0 Å². The van der Waals surface area contributed by atoms with Crippen molar-refractivity contribution < 1.29 is 23.8 Å². The van der Waals surface area contributed by atoms with Gasteiger partial charge >= 0.3 is 5.97 Å². The summed E-state index contributed by atoms with van der Waals surface area (Å²) in [5.41, 5.74) is 0.574. The molecule has 3 rings (SSSR count). The van der Waals surface area contributed by atoms with Crippen LogP contribution in [0.5, 0.6) is 11.5 Å². The SMILES string of the molecule is CC(CC1CC1C(=O)O)c1cc2c(cc1F)OCCO2. The highest BCUT2D eigenvalue weighted by molar-refractivity contribution is 5.73. The largest absolute Gasteiger partial charge is 0.486 e. The number of carboxylic acid groups (broad SMARTS) is 1. The Morgan fingerprint density at radius 2 is 2.05 bits per heavy atom. The number of aliphatic carboxylic acids is 1. The molecule has 0 radical (unpaired) electrons. The fraction of sp³-hybridized carbons (Fsp3) is 0.533. The van der Waals surface area contributed by atoms with Crippen molar-refractivity contribution in [2.24, 2.45) is 11.8 Å². The van der Waals surface area contributed by atoms with Gasteiger partial charge in [-0.3, -0.25) is 4.79 Å². The highest BCUT2D eigenvalue weighted by atomic mass is 19.1. The van der Waals surface area contributed by atoms with Crippen LogP contribution >= 0.6 is 0 Å². The maximum absolute atomic E-state index is 14.1. The minimum Gasteiger partial charge on any atom is -0.486 e. The van der Waals surface area contributed by atoms with Crippen molar-refractivity contribution in [3.63, 3.8) is 0 Å². The van der Waals surface area contributed by atoms with E-state index < -0.39 is 5.97 Å². The molecule has 0 saturated heterocycles. The molecular formula is C15H17FO4. The number of halogens is 1. The van der Waals surface area contributed by atoms with Crippen molar-refractivity contribution in [2.45, 2.75) is 25.7 Å². The number of hydrogen-bond donors (Lipinski definition) is 1. The van der Waals surface area contributed by atoms with Gasteiger partial charge in [0.25, 0.3) is 0 Å². The van der Waals surface area contributed by atoms with Gasteiger partial charge in [-0.2, -0.15) is 0 Å². The lowest BCUT2D eigenvalue weighted by Gasteiger charge is -2.21. The molecule has 2 aliphatic rings. The van der Waals surface area contributed by atoms with Crippen LogP contribution in [-0.4, -0.2) is 24.3 Å². The number of hydrogen-bond acceptors (Lipinski definition) is 3. The molecule has 5 heteroatoms. The van der Waals surface area contributed by atoms with Crippen LogP contribution in [0.1, 0.15) is 31.2 Å². The molecule has 0 bridgehead atoms. The van der Waals surface area contributed by atoms with E-state index in [0.717, 1.165) is 0 Å². The summed E-state index contributed by atoms with van der Waals surface area (Å²) in [4.78, 5) is 10.8. The Morgan fingerprint density at radius 3 is 2.65 bits per heavy atom. The third-order valence-electron chi connectivity index (χ3n) is 4.09. The number of carboxylic acids is 1. The van der Waals surface area contributed by atoms with Crippen LogP contribution < -0.4 is 9.47 Å². The summed E-state index contributed by atoms with van der Waals surface area (Å²) in [6.07, 6.45) is 1.39. The Labute approximate surface area is 116 Å². The summed E-state index contributed by atoms with van der Waals surface area (Å²) in [6.45, 7) is 2.82. The molecule has 1 aliphatic heterocycles. The maximum atomic E-state index is 14.1. The lowest BCUT2D eigenvalue weighted by Crippen LogP contribution is -2.16. The first kappa shape index (κ1) is 13.2. The zero-order valence-corrected chi connectivity index (χ0v) is 11.3. The molecule has 1 aromatic carbocycles. The molecule has 0 aromatic heterocycles. The Hall–Kier alpha value is -1.78. The average molecular weight is 280 g/mol. The second kappa shape index (κ2) is 4.96. The topological polar surface area (TPSA) is 55.8 Å². The molecule has 1 aliphatic carbocycles. The Bertz CT molecular complexity index is 543. The van der Waals surface area contributed by atoms with E-state index in [1.54, 1.807) is 6.07 Å². The van der Waals surface area contributed by atoms with Gasteiger partial charge in [0.15, 0.2) is 11.5 Å². The van der Waals surface area contributed by atoms with Crippen LogP contribution in [0, 0.1) is 17.7 Å². The van der Waals surface area contributed by atoms with Crippen molar-refractivity contribution >= 4 is 5.97 Å². The third-order valence-corrected chi connectivity index (χ3v) is 4.09. The molecule has 1 fully saturated rings. The second-order valence-corrected chi connectivity index (χ2v) is 5.59. The number of rotatable bonds is 4. The minimum atomic E-state index is -0.746. The molecule has 4 nitrogen and oxygen atoms in total. The molecule has 0 amide bonds. The number of fused-ring (bicyclic) bond motifs is 1. The van der Waals surface area contributed by atoms with E-state index in [4.69, 9.17) is 14.6 Å². The molecule has 0 spiro atoms. The molecular weight excluding hydrogens is 263 g/mol. The fourth-order valence-electron chi connectivity index (χ4n) is 2.85. The number of ether oxygens (including phenoxy) is 2. The predicted octanol–water partition coefficient (Wildman–Crippen LogP) is 2.81. The fourth-order valence-corrected chi connectivity index (χ4v) is 2.85. The highest BCUT2D eigenvalue weighted by Crippen LogP contribution is 2.46. The second-order valence-electron chi connectivity index (χ2n) is 5.59. The normalized spacial score (nSPS) is 25.1. The standard InChI is InChI=1S/C15H17FO4/c1-8(4-9-5-11(9)15(17)18)10-6-13-14(7-12(10)16)20-3-2-19-13/h6-9,11H,2-5H2,1H3,(H,17,18). The summed E-state index contributed by atoms with van der Waals surface area (Å²) in [5, 5.41) is 8.91. The summed E-state index contributed by atoms with van der Waals surface area (Å²) < 4.78 is 24.9. The maximum Gasteiger partial charge on any atom is 0.306 e. The van der Waals surface area contributed by atoms with Crippen molar-refractivity contribution in [1.82, 2.24) is 0 Å². The van der Waals surface area contributed by atoms with Gasteiger partial charge in [0.2, 0.25) is 0 Å². The van der Waals surface area contributed by atoms with E-state index in [0.29, 0.717) is 43.1 Å². The van der Waals surface area contributed by atoms with Crippen LogP contribution in [0.25, 0.3) is 0 Å². The molecule has 1 saturated carbocycles. The first-order valence-corrected chi connectivity index (χ1v) is 6.88. The zero-order chi connectivity index (χ0) is 14.3. The van der Waals surface area contributed by atoms with Gasteiger partial charge in [-0.25, -0.2) is 4.39 Å². The van der Waals surface area contributed by atoms with Crippen LogP contribution in [-0.2, 0) is 4.79 Å². The third kappa shape index (κ3) is 2.44. The van der Waals surface area contributed by atoms with Gasteiger partial charge in [0.05, 0.1) is 5.92 Å². The Balaban J connectivity index is 1.74. The van der Waals surface area contributed by atoms with Gasteiger partial charge in [0, 0.05) is 6.07 Å². The quantitative estimate of drug-likeness (QED) is 0.921. The first-order valence-electron chi connectivity index (χ1n) is 6.88. The summed E-state index contributed by atoms with van der Waals surface area (Å²) in [5.74, 6) is -0.156. The number of benzene rings is 1. The first-order chi connectivity index (χ1) is 9.56. The molecule has 1 aromatic rings. The van der Waals surface area contributed by atoms with Crippen molar-refractivity contribution in [2.75, 3.05) is 13.2 Å². The van der Waals surface area contributed by atoms with Crippen molar-refractivity contribution in [1.29, 1.82) is 0 Å². The molecule has 108 valence electrons. The molecule has 20 heavy (non-hydrogen) atoms.